The molecule has 0 saturated carbocycles. The highest BCUT2D eigenvalue weighted by Gasteiger charge is 2.22. The van der Waals surface area contributed by atoms with Crippen molar-refractivity contribution in [1.29, 1.82) is 0 Å². The summed E-state index contributed by atoms with van der Waals surface area (Å²) >= 11 is 12.4. The third-order valence-electron chi connectivity index (χ3n) is 4.95. The lowest BCUT2D eigenvalue weighted by atomic mass is 10.1. The number of hydrogen-bond acceptors (Lipinski definition) is 2. The minimum Gasteiger partial charge on any atom is -0.360 e. The number of rotatable bonds is 4. The standard InChI is InChI=1S/C20H20Cl2N4/c21-16-6-7-18(19(22)12-16)20-15(13-23-24-20)14-25-8-10-26(11-9-25)17-4-2-1-3-5-17/h1-7,12-13H,8-11,14H2,(H,23,24)/p+1. The van der Waals surface area contributed by atoms with Crippen LogP contribution in [0.3, 0.4) is 0 Å². The number of quaternary nitrogens is 1. The molecule has 1 aromatic heterocycles. The Morgan fingerprint density at radius 3 is 2.54 bits per heavy atom. The molecule has 3 aromatic rings. The molecule has 1 saturated heterocycles. The summed E-state index contributed by atoms with van der Waals surface area (Å²) in [6.07, 6.45) is 1.91. The SMILES string of the molecule is Clc1ccc(-c2[nH]ncc2C[NH+]2CCN(c3ccccc3)CC2)c(Cl)c1. The summed E-state index contributed by atoms with van der Waals surface area (Å²) in [6, 6.07) is 16.2. The zero-order chi connectivity index (χ0) is 17.9. The maximum absolute atomic E-state index is 6.38. The van der Waals surface area contributed by atoms with E-state index >= 15 is 0 Å². The Morgan fingerprint density at radius 1 is 1.04 bits per heavy atom. The van der Waals surface area contributed by atoms with Crippen LogP contribution in [0.1, 0.15) is 5.56 Å². The Bertz CT molecular complexity index is 871. The molecule has 1 fully saturated rings. The number of para-hydroxylation sites is 1. The first-order chi connectivity index (χ1) is 12.7. The molecule has 0 unspecified atom stereocenters. The van der Waals surface area contributed by atoms with E-state index in [1.165, 1.54) is 11.3 Å². The van der Waals surface area contributed by atoms with E-state index in [9.17, 15) is 0 Å². The van der Waals surface area contributed by atoms with Crippen molar-refractivity contribution in [2.45, 2.75) is 6.54 Å². The molecule has 0 aliphatic carbocycles. The first kappa shape index (κ1) is 17.4. The van der Waals surface area contributed by atoms with Crippen LogP contribution in [0.15, 0.2) is 54.7 Å². The van der Waals surface area contributed by atoms with Crippen molar-refractivity contribution in [1.82, 2.24) is 10.2 Å². The second kappa shape index (κ2) is 7.70. The molecular weight excluding hydrogens is 367 g/mol. The topological polar surface area (TPSA) is 36.4 Å². The minimum atomic E-state index is 0.641. The van der Waals surface area contributed by atoms with E-state index in [0.717, 1.165) is 44.0 Å². The van der Waals surface area contributed by atoms with E-state index in [2.05, 4.69) is 45.4 Å². The monoisotopic (exact) mass is 387 g/mol. The van der Waals surface area contributed by atoms with Crippen LogP contribution in [0.5, 0.6) is 0 Å². The van der Waals surface area contributed by atoms with Crippen molar-refractivity contribution in [3.05, 3.63) is 70.3 Å². The zero-order valence-electron chi connectivity index (χ0n) is 14.4. The number of aromatic amines is 1. The summed E-state index contributed by atoms with van der Waals surface area (Å²) in [4.78, 5) is 4.01. The van der Waals surface area contributed by atoms with Crippen molar-refractivity contribution < 1.29 is 4.90 Å². The summed E-state index contributed by atoms with van der Waals surface area (Å²) in [5.74, 6) is 0. The van der Waals surface area contributed by atoms with Gasteiger partial charge in [-0.3, -0.25) is 5.10 Å². The summed E-state index contributed by atoms with van der Waals surface area (Å²) in [5.41, 5.74) is 4.44. The first-order valence-corrected chi connectivity index (χ1v) is 9.57. The van der Waals surface area contributed by atoms with Crippen molar-refractivity contribution in [3.8, 4) is 11.3 Å². The van der Waals surface area contributed by atoms with Gasteiger partial charge in [-0.25, -0.2) is 0 Å². The van der Waals surface area contributed by atoms with Crippen LogP contribution in [-0.4, -0.2) is 36.4 Å². The number of anilines is 1. The number of halogens is 2. The van der Waals surface area contributed by atoms with Gasteiger partial charge in [-0.1, -0.05) is 41.4 Å². The minimum absolute atomic E-state index is 0.641. The third kappa shape index (κ3) is 3.73. The second-order valence-electron chi connectivity index (χ2n) is 6.64. The molecule has 0 radical (unpaired) electrons. The van der Waals surface area contributed by atoms with E-state index in [4.69, 9.17) is 23.2 Å². The van der Waals surface area contributed by atoms with Gasteiger partial charge in [0.1, 0.15) is 6.54 Å². The van der Waals surface area contributed by atoms with Gasteiger partial charge in [0, 0.05) is 16.3 Å². The summed E-state index contributed by atoms with van der Waals surface area (Å²) in [5, 5.41) is 8.64. The Hall–Kier alpha value is -2.01. The van der Waals surface area contributed by atoms with E-state index in [-0.39, 0.29) is 0 Å². The van der Waals surface area contributed by atoms with Crippen LogP contribution < -0.4 is 9.80 Å². The molecule has 0 spiro atoms. The van der Waals surface area contributed by atoms with E-state index in [0.29, 0.717) is 10.0 Å². The van der Waals surface area contributed by atoms with Gasteiger partial charge in [0.05, 0.1) is 48.7 Å². The number of nitrogens with zero attached hydrogens (tertiary/aromatic N) is 2. The Balaban J connectivity index is 1.44. The van der Waals surface area contributed by atoms with Crippen LogP contribution >= 0.6 is 23.2 Å². The average molecular weight is 388 g/mol. The molecule has 2 N–H and O–H groups in total. The highest BCUT2D eigenvalue weighted by Crippen LogP contribution is 2.30. The summed E-state index contributed by atoms with van der Waals surface area (Å²) in [6.45, 7) is 5.28. The molecule has 4 nitrogen and oxygen atoms in total. The van der Waals surface area contributed by atoms with Gasteiger partial charge in [0.15, 0.2) is 0 Å². The molecule has 0 amide bonds. The predicted octanol–water partition coefficient (Wildman–Crippen LogP) is 3.29. The van der Waals surface area contributed by atoms with Gasteiger partial charge in [0.25, 0.3) is 0 Å². The van der Waals surface area contributed by atoms with Gasteiger partial charge in [-0.2, -0.15) is 5.10 Å². The molecule has 0 bridgehead atoms. The normalized spacial score (nSPS) is 15.4. The van der Waals surface area contributed by atoms with E-state index < -0.39 is 0 Å². The van der Waals surface area contributed by atoms with Gasteiger partial charge in [0.2, 0.25) is 0 Å². The van der Waals surface area contributed by atoms with Crippen LogP contribution in [0.4, 0.5) is 5.69 Å². The van der Waals surface area contributed by atoms with Crippen molar-refractivity contribution in [3.63, 3.8) is 0 Å². The van der Waals surface area contributed by atoms with E-state index in [1.54, 1.807) is 11.0 Å². The molecule has 1 aliphatic heterocycles. The highest BCUT2D eigenvalue weighted by molar-refractivity contribution is 6.36. The number of benzene rings is 2. The molecule has 6 heteroatoms. The number of aromatic nitrogens is 2. The fourth-order valence-electron chi connectivity index (χ4n) is 3.54. The molecule has 26 heavy (non-hydrogen) atoms. The predicted molar refractivity (Wildman–Crippen MR) is 107 cm³/mol. The lowest BCUT2D eigenvalue weighted by Crippen LogP contribution is -3.13. The van der Waals surface area contributed by atoms with Crippen LogP contribution in [0.2, 0.25) is 10.0 Å². The number of piperazine rings is 1. The molecular formula is C20H21Cl2N4+. The van der Waals surface area contributed by atoms with Crippen LogP contribution in [0, 0.1) is 0 Å². The first-order valence-electron chi connectivity index (χ1n) is 8.82. The van der Waals surface area contributed by atoms with Crippen LogP contribution in [0.25, 0.3) is 11.3 Å². The third-order valence-corrected chi connectivity index (χ3v) is 5.50. The van der Waals surface area contributed by atoms with Gasteiger partial charge in [-0.05, 0) is 30.3 Å². The number of nitrogens with one attached hydrogen (secondary N) is 2. The maximum atomic E-state index is 6.38. The Morgan fingerprint density at radius 2 is 1.81 bits per heavy atom. The van der Waals surface area contributed by atoms with Gasteiger partial charge < -0.3 is 9.80 Å². The zero-order valence-corrected chi connectivity index (χ0v) is 15.9. The van der Waals surface area contributed by atoms with Crippen molar-refractivity contribution >= 4 is 28.9 Å². The van der Waals surface area contributed by atoms with E-state index in [1.807, 2.05) is 18.3 Å². The molecule has 134 valence electrons. The van der Waals surface area contributed by atoms with Gasteiger partial charge in [-0.15, -0.1) is 0 Å². The fraction of sp³-hybridized carbons (Fsp3) is 0.250. The molecule has 4 rings (SSSR count). The molecule has 1 aliphatic rings. The quantitative estimate of drug-likeness (QED) is 0.720. The molecule has 0 atom stereocenters. The van der Waals surface area contributed by atoms with Crippen molar-refractivity contribution in [2.75, 3.05) is 31.1 Å². The number of hydrogen-bond donors (Lipinski definition) is 2. The summed E-state index contributed by atoms with van der Waals surface area (Å²) in [7, 11) is 0. The lowest BCUT2D eigenvalue weighted by Gasteiger charge is -2.33. The number of H-pyrrole nitrogens is 1. The molecule has 2 heterocycles. The lowest BCUT2D eigenvalue weighted by molar-refractivity contribution is -0.914. The Labute approximate surface area is 163 Å². The molecule has 2 aromatic carbocycles. The van der Waals surface area contributed by atoms with Gasteiger partial charge >= 0.3 is 0 Å². The summed E-state index contributed by atoms with van der Waals surface area (Å²) < 4.78 is 0. The largest absolute Gasteiger partial charge is 0.360 e. The average Bonchev–Trinajstić information content (AvgIpc) is 3.11. The van der Waals surface area contributed by atoms with Crippen LogP contribution in [-0.2, 0) is 6.54 Å². The Kier molecular flexibility index (Phi) is 5.16. The maximum Gasteiger partial charge on any atom is 0.107 e. The van der Waals surface area contributed by atoms with Crippen molar-refractivity contribution in [2.24, 2.45) is 0 Å². The highest BCUT2D eigenvalue weighted by atomic mass is 35.5. The fourth-order valence-corrected chi connectivity index (χ4v) is 4.04. The second-order valence-corrected chi connectivity index (χ2v) is 7.49. The smallest absolute Gasteiger partial charge is 0.107 e.